The van der Waals surface area contributed by atoms with E-state index in [9.17, 15) is 15.1 Å². The number of benzene rings is 2. The molecule has 0 aliphatic heterocycles. The highest BCUT2D eigenvalue weighted by Gasteiger charge is 2.17. The molecule has 0 aliphatic carbocycles. The van der Waals surface area contributed by atoms with Crippen molar-refractivity contribution in [3.63, 3.8) is 0 Å². The predicted octanol–water partition coefficient (Wildman–Crippen LogP) is 3.23. The molecule has 0 fully saturated rings. The van der Waals surface area contributed by atoms with Crippen LogP contribution in [0.2, 0.25) is 0 Å². The lowest BCUT2D eigenvalue weighted by Gasteiger charge is -2.11. The number of rotatable bonds is 3. The van der Waals surface area contributed by atoms with E-state index in [-0.39, 0.29) is 11.3 Å². The molecule has 2 rings (SSSR count). The number of carboxylic acid groups (broad SMARTS) is 1. The Labute approximate surface area is 117 Å². The Morgan fingerprint density at radius 1 is 1.00 bits per heavy atom. The average Bonchev–Trinajstić information content (AvgIpc) is 2.44. The van der Waals surface area contributed by atoms with Gasteiger partial charge in [0.25, 0.3) is 0 Å². The van der Waals surface area contributed by atoms with Gasteiger partial charge in [0.2, 0.25) is 0 Å². The van der Waals surface area contributed by atoms with Gasteiger partial charge in [0, 0.05) is 11.1 Å². The van der Waals surface area contributed by atoms with E-state index < -0.39 is 5.97 Å². The van der Waals surface area contributed by atoms with Crippen molar-refractivity contribution in [3.8, 4) is 0 Å². The molecule has 0 aromatic heterocycles. The minimum Gasteiger partial charge on any atom is -0.478 e. The lowest BCUT2D eigenvalue weighted by Crippen LogP contribution is -2.12. The molecule has 102 valence electrons. The van der Waals surface area contributed by atoms with Crippen LogP contribution in [-0.2, 0) is 0 Å². The Bertz CT molecular complexity index is 690. The van der Waals surface area contributed by atoms with Crippen molar-refractivity contribution in [2.24, 2.45) is 5.16 Å². The Balaban J connectivity index is 2.66. The maximum atomic E-state index is 11.3. The zero-order chi connectivity index (χ0) is 14.7. The molecule has 0 radical (unpaired) electrons. The Morgan fingerprint density at radius 2 is 1.65 bits per heavy atom. The lowest BCUT2D eigenvalue weighted by atomic mass is 9.93. The minimum atomic E-state index is -1.05. The second-order valence-electron chi connectivity index (χ2n) is 4.62. The van der Waals surface area contributed by atoms with Crippen LogP contribution in [0.4, 0.5) is 0 Å². The lowest BCUT2D eigenvalue weighted by molar-refractivity contribution is 0.0696. The standard InChI is InChI=1S/C16H15NO3/c1-10-7-8-11(2)14(9-10)15(17-20)12-5-3-4-6-13(12)16(18)19/h3-9,20H,1-2H3,(H,18,19). The van der Waals surface area contributed by atoms with Crippen molar-refractivity contribution in [3.05, 3.63) is 70.3 Å². The van der Waals surface area contributed by atoms with Crippen LogP contribution in [0.1, 0.15) is 32.6 Å². The van der Waals surface area contributed by atoms with Crippen LogP contribution in [0, 0.1) is 13.8 Å². The highest BCUT2D eigenvalue weighted by atomic mass is 16.4. The largest absolute Gasteiger partial charge is 0.478 e. The van der Waals surface area contributed by atoms with Gasteiger partial charge < -0.3 is 10.3 Å². The fourth-order valence-electron chi connectivity index (χ4n) is 2.12. The van der Waals surface area contributed by atoms with Crippen molar-refractivity contribution < 1.29 is 15.1 Å². The number of aromatic carboxylic acids is 1. The van der Waals surface area contributed by atoms with E-state index >= 15 is 0 Å². The average molecular weight is 269 g/mol. The quantitative estimate of drug-likeness (QED) is 0.510. The van der Waals surface area contributed by atoms with Crippen LogP contribution >= 0.6 is 0 Å². The van der Waals surface area contributed by atoms with Crippen LogP contribution in [0.3, 0.4) is 0 Å². The summed E-state index contributed by atoms with van der Waals surface area (Å²) in [5, 5.41) is 21.9. The predicted molar refractivity (Wildman–Crippen MR) is 76.7 cm³/mol. The van der Waals surface area contributed by atoms with Gasteiger partial charge in [-0.15, -0.1) is 0 Å². The Morgan fingerprint density at radius 3 is 2.25 bits per heavy atom. The highest BCUT2D eigenvalue weighted by molar-refractivity contribution is 6.17. The first-order valence-electron chi connectivity index (χ1n) is 6.17. The summed E-state index contributed by atoms with van der Waals surface area (Å²) in [4.78, 5) is 11.3. The van der Waals surface area contributed by atoms with Gasteiger partial charge >= 0.3 is 5.97 Å². The fraction of sp³-hybridized carbons (Fsp3) is 0.125. The van der Waals surface area contributed by atoms with Crippen molar-refractivity contribution >= 4 is 11.7 Å². The zero-order valence-corrected chi connectivity index (χ0v) is 11.3. The molecule has 0 bridgehead atoms. The van der Waals surface area contributed by atoms with Gasteiger partial charge in [-0.1, -0.05) is 41.1 Å². The summed E-state index contributed by atoms with van der Waals surface area (Å²) in [5.74, 6) is -1.05. The van der Waals surface area contributed by atoms with Crippen LogP contribution < -0.4 is 0 Å². The van der Waals surface area contributed by atoms with E-state index in [4.69, 9.17) is 0 Å². The normalized spacial score (nSPS) is 11.4. The van der Waals surface area contributed by atoms with Gasteiger partial charge in [-0.3, -0.25) is 0 Å². The molecule has 2 aromatic carbocycles. The Kier molecular flexibility index (Phi) is 3.84. The number of nitrogens with zero attached hydrogens (tertiary/aromatic N) is 1. The van der Waals surface area contributed by atoms with Gasteiger partial charge in [-0.2, -0.15) is 0 Å². The molecule has 0 saturated heterocycles. The summed E-state index contributed by atoms with van der Waals surface area (Å²) >= 11 is 0. The number of carbonyl (C=O) groups is 1. The third-order valence-corrected chi connectivity index (χ3v) is 3.16. The number of oxime groups is 1. The van der Waals surface area contributed by atoms with E-state index in [1.165, 1.54) is 6.07 Å². The molecule has 0 heterocycles. The maximum Gasteiger partial charge on any atom is 0.336 e. The molecule has 2 aromatic rings. The van der Waals surface area contributed by atoms with Crippen molar-refractivity contribution in [1.82, 2.24) is 0 Å². The summed E-state index contributed by atoms with van der Waals surface area (Å²) in [6.45, 7) is 3.82. The van der Waals surface area contributed by atoms with Gasteiger partial charge in [-0.05, 0) is 31.5 Å². The SMILES string of the molecule is Cc1ccc(C)c(C(=NO)c2ccccc2C(=O)O)c1. The van der Waals surface area contributed by atoms with E-state index in [2.05, 4.69) is 5.16 Å². The first-order chi connectivity index (χ1) is 9.54. The van der Waals surface area contributed by atoms with Crippen molar-refractivity contribution in [2.75, 3.05) is 0 Å². The van der Waals surface area contributed by atoms with E-state index in [0.29, 0.717) is 5.56 Å². The first-order valence-corrected chi connectivity index (χ1v) is 6.17. The van der Waals surface area contributed by atoms with Gasteiger partial charge in [0.05, 0.1) is 5.56 Å². The molecular formula is C16H15NO3. The molecule has 0 atom stereocenters. The third kappa shape index (κ3) is 2.54. The van der Waals surface area contributed by atoms with Gasteiger partial charge in [0.1, 0.15) is 5.71 Å². The highest BCUT2D eigenvalue weighted by Crippen LogP contribution is 2.19. The second-order valence-corrected chi connectivity index (χ2v) is 4.62. The van der Waals surface area contributed by atoms with Crippen LogP contribution in [-0.4, -0.2) is 22.0 Å². The van der Waals surface area contributed by atoms with Crippen molar-refractivity contribution in [1.29, 1.82) is 0 Å². The Hall–Kier alpha value is -2.62. The zero-order valence-electron chi connectivity index (χ0n) is 11.3. The topological polar surface area (TPSA) is 69.9 Å². The number of hydrogen-bond donors (Lipinski definition) is 2. The number of hydrogen-bond acceptors (Lipinski definition) is 3. The van der Waals surface area contributed by atoms with E-state index in [1.54, 1.807) is 18.2 Å². The molecule has 2 N–H and O–H groups in total. The van der Waals surface area contributed by atoms with E-state index in [1.807, 2.05) is 32.0 Å². The molecule has 20 heavy (non-hydrogen) atoms. The van der Waals surface area contributed by atoms with Gasteiger partial charge in [-0.25, -0.2) is 4.79 Å². The number of carboxylic acids is 1. The first kappa shape index (κ1) is 13.8. The molecule has 0 amide bonds. The van der Waals surface area contributed by atoms with Crippen LogP contribution in [0.15, 0.2) is 47.6 Å². The molecule has 0 spiro atoms. The summed E-state index contributed by atoms with van der Waals surface area (Å²) in [6.07, 6.45) is 0. The summed E-state index contributed by atoms with van der Waals surface area (Å²) < 4.78 is 0. The van der Waals surface area contributed by atoms with E-state index in [0.717, 1.165) is 16.7 Å². The fourth-order valence-corrected chi connectivity index (χ4v) is 2.12. The molecule has 0 aliphatic rings. The molecule has 0 saturated carbocycles. The van der Waals surface area contributed by atoms with Crippen LogP contribution in [0.25, 0.3) is 0 Å². The summed E-state index contributed by atoms with van der Waals surface area (Å²) in [7, 11) is 0. The maximum absolute atomic E-state index is 11.3. The molecule has 0 unspecified atom stereocenters. The van der Waals surface area contributed by atoms with Crippen LogP contribution in [0.5, 0.6) is 0 Å². The smallest absolute Gasteiger partial charge is 0.336 e. The summed E-state index contributed by atoms with van der Waals surface area (Å²) in [5.41, 5.74) is 3.44. The second kappa shape index (κ2) is 5.57. The molecular weight excluding hydrogens is 254 g/mol. The summed E-state index contributed by atoms with van der Waals surface area (Å²) in [6, 6.07) is 12.2. The molecule has 4 nitrogen and oxygen atoms in total. The molecule has 4 heteroatoms. The number of aryl methyl sites for hydroxylation is 2. The van der Waals surface area contributed by atoms with Crippen molar-refractivity contribution in [2.45, 2.75) is 13.8 Å². The minimum absolute atomic E-state index is 0.112. The third-order valence-electron chi connectivity index (χ3n) is 3.16. The van der Waals surface area contributed by atoms with Gasteiger partial charge in [0.15, 0.2) is 0 Å². The monoisotopic (exact) mass is 269 g/mol.